The quantitative estimate of drug-likeness (QED) is 0.549. The van der Waals surface area contributed by atoms with Crippen LogP contribution in [0.2, 0.25) is 0 Å². The van der Waals surface area contributed by atoms with Gasteiger partial charge >= 0.3 is 0 Å². The molecular weight excluding hydrogens is 242 g/mol. The van der Waals surface area contributed by atoms with Gasteiger partial charge in [0.15, 0.2) is 4.96 Å². The number of benzene rings is 1. The maximum Gasteiger partial charge on any atom is 0.194 e. The fourth-order valence-corrected chi connectivity index (χ4v) is 3.07. The van der Waals surface area contributed by atoms with Gasteiger partial charge < -0.3 is 4.98 Å². The van der Waals surface area contributed by atoms with Crippen molar-refractivity contribution >= 4 is 27.2 Å². The molecule has 0 atom stereocenters. The standard InChI is InChI=1S/C14H11N3S/c1-9-2-3-10-11(7-15-12(10)6-9)13-8-16-14-17(13)4-5-18-14/h2-8,15H,1H3. The van der Waals surface area contributed by atoms with E-state index in [1.54, 1.807) is 11.3 Å². The fourth-order valence-electron chi connectivity index (χ4n) is 2.38. The first-order valence-corrected chi connectivity index (χ1v) is 6.69. The van der Waals surface area contributed by atoms with Crippen LogP contribution in [0.15, 0.2) is 42.2 Å². The minimum atomic E-state index is 1.03. The maximum atomic E-state index is 4.43. The molecule has 0 bridgehead atoms. The Morgan fingerprint density at radius 1 is 1.33 bits per heavy atom. The molecule has 0 amide bonds. The highest BCUT2D eigenvalue weighted by atomic mass is 32.1. The predicted octanol–water partition coefficient (Wildman–Crippen LogP) is 3.85. The van der Waals surface area contributed by atoms with Crippen LogP contribution >= 0.6 is 11.3 Å². The summed E-state index contributed by atoms with van der Waals surface area (Å²) in [5, 5.41) is 3.30. The Hall–Kier alpha value is -2.07. The lowest BCUT2D eigenvalue weighted by atomic mass is 10.1. The van der Waals surface area contributed by atoms with Crippen molar-refractivity contribution in [3.8, 4) is 11.3 Å². The molecule has 0 spiro atoms. The number of nitrogens with zero attached hydrogens (tertiary/aromatic N) is 2. The van der Waals surface area contributed by atoms with Gasteiger partial charge in [0.1, 0.15) is 0 Å². The van der Waals surface area contributed by atoms with Gasteiger partial charge in [0, 0.05) is 34.2 Å². The normalized spacial score (nSPS) is 11.6. The summed E-state index contributed by atoms with van der Waals surface area (Å²) in [5.41, 5.74) is 4.79. The van der Waals surface area contributed by atoms with Gasteiger partial charge in [-0.25, -0.2) is 4.98 Å². The number of thiazole rings is 1. The van der Waals surface area contributed by atoms with Gasteiger partial charge in [-0.3, -0.25) is 4.40 Å². The zero-order valence-electron chi connectivity index (χ0n) is 9.84. The van der Waals surface area contributed by atoms with Crippen LogP contribution in [-0.2, 0) is 0 Å². The molecular formula is C14H11N3S. The lowest BCUT2D eigenvalue weighted by molar-refractivity contribution is 1.24. The molecule has 0 saturated carbocycles. The molecule has 0 aliphatic rings. The van der Waals surface area contributed by atoms with Crippen LogP contribution in [0.25, 0.3) is 27.1 Å². The maximum absolute atomic E-state index is 4.43. The molecule has 4 aromatic rings. The minimum Gasteiger partial charge on any atom is -0.360 e. The number of aromatic nitrogens is 3. The molecule has 0 radical (unpaired) electrons. The summed E-state index contributed by atoms with van der Waals surface area (Å²) in [4.78, 5) is 8.80. The van der Waals surface area contributed by atoms with E-state index in [1.165, 1.54) is 22.0 Å². The van der Waals surface area contributed by atoms with E-state index in [0.717, 1.165) is 10.7 Å². The number of aromatic amines is 1. The van der Waals surface area contributed by atoms with Gasteiger partial charge in [-0.05, 0) is 18.6 Å². The van der Waals surface area contributed by atoms with Crippen LogP contribution in [0, 0.1) is 6.92 Å². The smallest absolute Gasteiger partial charge is 0.194 e. The first kappa shape index (κ1) is 9.91. The van der Waals surface area contributed by atoms with Crippen LogP contribution in [0.4, 0.5) is 0 Å². The van der Waals surface area contributed by atoms with Crippen molar-refractivity contribution in [3.05, 3.63) is 47.7 Å². The molecule has 0 unspecified atom stereocenters. The number of hydrogen-bond acceptors (Lipinski definition) is 2. The third-order valence-corrected chi connectivity index (χ3v) is 4.03. The monoisotopic (exact) mass is 253 g/mol. The third-order valence-electron chi connectivity index (χ3n) is 3.26. The number of fused-ring (bicyclic) bond motifs is 2. The first-order valence-electron chi connectivity index (χ1n) is 5.81. The highest BCUT2D eigenvalue weighted by Crippen LogP contribution is 2.30. The van der Waals surface area contributed by atoms with Crippen molar-refractivity contribution in [1.29, 1.82) is 0 Å². The zero-order valence-corrected chi connectivity index (χ0v) is 10.7. The number of H-pyrrole nitrogens is 1. The van der Waals surface area contributed by atoms with Gasteiger partial charge in [0.2, 0.25) is 0 Å². The fraction of sp³-hybridized carbons (Fsp3) is 0.0714. The van der Waals surface area contributed by atoms with E-state index in [4.69, 9.17) is 0 Å². The summed E-state index contributed by atoms with van der Waals surface area (Å²) >= 11 is 1.65. The molecule has 4 rings (SSSR count). The van der Waals surface area contributed by atoms with Gasteiger partial charge in [-0.1, -0.05) is 12.1 Å². The van der Waals surface area contributed by atoms with Gasteiger partial charge in [-0.2, -0.15) is 0 Å². The second kappa shape index (κ2) is 3.46. The SMILES string of the molecule is Cc1ccc2c(-c3cnc4sccn34)c[nH]c2c1. The second-order valence-corrected chi connectivity index (χ2v) is 5.32. The summed E-state index contributed by atoms with van der Waals surface area (Å²) in [5.74, 6) is 0. The Morgan fingerprint density at radius 2 is 2.28 bits per heavy atom. The van der Waals surface area contributed by atoms with Crippen LogP contribution in [0.1, 0.15) is 5.56 Å². The van der Waals surface area contributed by atoms with E-state index in [2.05, 4.69) is 57.3 Å². The molecule has 0 aliphatic heterocycles. The molecule has 0 aliphatic carbocycles. The largest absolute Gasteiger partial charge is 0.360 e. The van der Waals surface area contributed by atoms with Crippen molar-refractivity contribution in [2.24, 2.45) is 0 Å². The molecule has 0 saturated heterocycles. The molecule has 1 N–H and O–H groups in total. The van der Waals surface area contributed by atoms with E-state index >= 15 is 0 Å². The van der Waals surface area contributed by atoms with E-state index < -0.39 is 0 Å². The number of nitrogens with one attached hydrogen (secondary N) is 1. The van der Waals surface area contributed by atoms with Crippen molar-refractivity contribution < 1.29 is 0 Å². The first-order chi connectivity index (χ1) is 8.83. The van der Waals surface area contributed by atoms with Crippen LogP contribution in [0.5, 0.6) is 0 Å². The zero-order chi connectivity index (χ0) is 12.1. The van der Waals surface area contributed by atoms with Gasteiger partial charge in [0.05, 0.1) is 11.9 Å². The average Bonchev–Trinajstić information content (AvgIpc) is 3.01. The average molecular weight is 253 g/mol. The molecule has 0 fully saturated rings. The number of hydrogen-bond donors (Lipinski definition) is 1. The topological polar surface area (TPSA) is 33.1 Å². The Kier molecular flexibility index (Phi) is 1.91. The van der Waals surface area contributed by atoms with Crippen LogP contribution < -0.4 is 0 Å². The van der Waals surface area contributed by atoms with Crippen LogP contribution in [0.3, 0.4) is 0 Å². The van der Waals surface area contributed by atoms with E-state index in [-0.39, 0.29) is 0 Å². The summed E-state index contributed by atoms with van der Waals surface area (Å²) in [6.07, 6.45) is 6.06. The van der Waals surface area contributed by atoms with Crippen molar-refractivity contribution in [2.45, 2.75) is 6.92 Å². The molecule has 3 aromatic heterocycles. The number of imidazole rings is 1. The third kappa shape index (κ3) is 1.26. The second-order valence-electron chi connectivity index (χ2n) is 4.45. The van der Waals surface area contributed by atoms with Crippen molar-refractivity contribution in [3.63, 3.8) is 0 Å². The minimum absolute atomic E-state index is 1.03. The molecule has 3 nitrogen and oxygen atoms in total. The Morgan fingerprint density at radius 3 is 3.22 bits per heavy atom. The van der Waals surface area contributed by atoms with Gasteiger partial charge in [0.25, 0.3) is 0 Å². The molecule has 4 heteroatoms. The summed E-state index contributed by atoms with van der Waals surface area (Å²) in [6, 6.07) is 6.48. The molecule has 1 aromatic carbocycles. The molecule has 3 heterocycles. The Labute approximate surface area is 108 Å². The van der Waals surface area contributed by atoms with Crippen molar-refractivity contribution in [2.75, 3.05) is 0 Å². The van der Waals surface area contributed by atoms with Crippen LogP contribution in [-0.4, -0.2) is 14.4 Å². The number of rotatable bonds is 1. The van der Waals surface area contributed by atoms with Crippen molar-refractivity contribution in [1.82, 2.24) is 14.4 Å². The van der Waals surface area contributed by atoms with E-state index in [0.29, 0.717) is 0 Å². The summed E-state index contributed by atoms with van der Waals surface area (Å²) in [7, 11) is 0. The van der Waals surface area contributed by atoms with E-state index in [1.807, 2.05) is 6.20 Å². The highest BCUT2D eigenvalue weighted by Gasteiger charge is 2.11. The molecule has 88 valence electrons. The number of aryl methyl sites for hydroxylation is 1. The van der Waals surface area contributed by atoms with Gasteiger partial charge in [-0.15, -0.1) is 11.3 Å². The lowest BCUT2D eigenvalue weighted by Gasteiger charge is -1.98. The molecule has 18 heavy (non-hydrogen) atoms. The van der Waals surface area contributed by atoms with E-state index in [9.17, 15) is 0 Å². The summed E-state index contributed by atoms with van der Waals surface area (Å²) < 4.78 is 2.13. The Bertz CT molecular complexity index is 850. The Balaban J connectivity index is 2.05. The predicted molar refractivity (Wildman–Crippen MR) is 75.1 cm³/mol. The lowest BCUT2D eigenvalue weighted by Crippen LogP contribution is -1.81. The summed E-state index contributed by atoms with van der Waals surface area (Å²) in [6.45, 7) is 2.11. The highest BCUT2D eigenvalue weighted by molar-refractivity contribution is 7.15.